The summed E-state index contributed by atoms with van der Waals surface area (Å²) in [4.78, 5) is 12.4. The second-order valence-corrected chi connectivity index (χ2v) is 5.75. The SMILES string of the molecule is Cc1cc(C)cc(CC(=O)c2cc3cc(C)ccc3o2)c1. The topological polar surface area (TPSA) is 30.2 Å². The van der Waals surface area contributed by atoms with E-state index in [1.54, 1.807) is 0 Å². The number of hydrogen-bond acceptors (Lipinski definition) is 2. The standard InChI is InChI=1S/C19H18O2/c1-12-4-5-18-16(9-12)11-19(21-18)17(20)10-15-7-13(2)6-14(3)8-15/h4-9,11H,10H2,1-3H3. The molecule has 0 radical (unpaired) electrons. The third-order valence-electron chi connectivity index (χ3n) is 3.59. The molecule has 0 aliphatic rings. The summed E-state index contributed by atoms with van der Waals surface area (Å²) in [6, 6.07) is 14.0. The molecule has 0 aliphatic heterocycles. The van der Waals surface area contributed by atoms with Crippen molar-refractivity contribution in [3.8, 4) is 0 Å². The number of Topliss-reactive ketones (excluding diaryl/α,β-unsaturated/α-hetero) is 1. The van der Waals surface area contributed by atoms with Crippen molar-refractivity contribution in [2.24, 2.45) is 0 Å². The van der Waals surface area contributed by atoms with Crippen molar-refractivity contribution in [2.45, 2.75) is 27.2 Å². The predicted molar refractivity (Wildman–Crippen MR) is 84.9 cm³/mol. The molecule has 3 rings (SSSR count). The molecule has 2 heteroatoms. The number of hydrogen-bond donors (Lipinski definition) is 0. The zero-order valence-electron chi connectivity index (χ0n) is 12.6. The Morgan fingerprint density at radius 2 is 1.62 bits per heavy atom. The van der Waals surface area contributed by atoms with Gasteiger partial charge in [-0.05, 0) is 44.5 Å². The summed E-state index contributed by atoms with van der Waals surface area (Å²) in [5.41, 5.74) is 5.33. The molecular formula is C19H18O2. The molecule has 2 aromatic carbocycles. The van der Waals surface area contributed by atoms with Gasteiger partial charge in [0.2, 0.25) is 5.78 Å². The minimum Gasteiger partial charge on any atom is -0.453 e. The van der Waals surface area contributed by atoms with Crippen LogP contribution in [-0.2, 0) is 6.42 Å². The summed E-state index contributed by atoms with van der Waals surface area (Å²) in [5.74, 6) is 0.462. The molecule has 0 bridgehead atoms. The molecule has 0 N–H and O–H groups in total. The molecule has 0 amide bonds. The van der Waals surface area contributed by atoms with Gasteiger partial charge in [-0.25, -0.2) is 0 Å². The van der Waals surface area contributed by atoms with Crippen molar-refractivity contribution in [1.29, 1.82) is 0 Å². The largest absolute Gasteiger partial charge is 0.453 e. The third-order valence-corrected chi connectivity index (χ3v) is 3.59. The molecule has 21 heavy (non-hydrogen) atoms. The van der Waals surface area contributed by atoms with E-state index in [1.165, 1.54) is 11.1 Å². The van der Waals surface area contributed by atoms with Crippen molar-refractivity contribution in [3.63, 3.8) is 0 Å². The van der Waals surface area contributed by atoms with Crippen LogP contribution in [0.25, 0.3) is 11.0 Å². The molecule has 0 spiro atoms. The molecule has 1 heterocycles. The van der Waals surface area contributed by atoms with Gasteiger partial charge >= 0.3 is 0 Å². The van der Waals surface area contributed by atoms with Crippen molar-refractivity contribution in [3.05, 3.63) is 70.5 Å². The fourth-order valence-corrected chi connectivity index (χ4v) is 2.74. The lowest BCUT2D eigenvalue weighted by molar-refractivity contribution is 0.0968. The number of carbonyl (C=O) groups excluding carboxylic acids is 1. The van der Waals surface area contributed by atoms with Crippen LogP contribution in [0.4, 0.5) is 0 Å². The van der Waals surface area contributed by atoms with Gasteiger partial charge in [-0.15, -0.1) is 0 Å². The summed E-state index contributed by atoms with van der Waals surface area (Å²) in [5, 5.41) is 0.985. The summed E-state index contributed by atoms with van der Waals surface area (Å²) in [7, 11) is 0. The van der Waals surface area contributed by atoms with Gasteiger partial charge in [0.25, 0.3) is 0 Å². The van der Waals surface area contributed by atoms with E-state index in [1.807, 2.05) is 45.0 Å². The van der Waals surface area contributed by atoms with Crippen LogP contribution in [0.3, 0.4) is 0 Å². The van der Waals surface area contributed by atoms with Gasteiger partial charge < -0.3 is 4.42 Å². The van der Waals surface area contributed by atoms with Crippen LogP contribution in [0, 0.1) is 20.8 Å². The molecule has 2 nitrogen and oxygen atoms in total. The minimum absolute atomic E-state index is 0.0221. The first-order valence-corrected chi connectivity index (χ1v) is 7.12. The maximum absolute atomic E-state index is 12.4. The zero-order valence-corrected chi connectivity index (χ0v) is 12.6. The summed E-state index contributed by atoms with van der Waals surface area (Å²) >= 11 is 0. The molecule has 106 valence electrons. The fraction of sp³-hybridized carbons (Fsp3) is 0.211. The molecule has 1 aromatic heterocycles. The van der Waals surface area contributed by atoms with E-state index in [0.29, 0.717) is 12.2 Å². The number of aryl methyl sites for hydroxylation is 3. The van der Waals surface area contributed by atoms with Crippen LogP contribution in [0.2, 0.25) is 0 Å². The molecule has 0 saturated heterocycles. The number of benzene rings is 2. The summed E-state index contributed by atoms with van der Waals surface area (Å²) in [6.07, 6.45) is 0.376. The Hall–Kier alpha value is -2.35. The van der Waals surface area contributed by atoms with Gasteiger partial charge in [0.1, 0.15) is 5.58 Å². The first-order valence-electron chi connectivity index (χ1n) is 7.12. The molecule has 3 aromatic rings. The second-order valence-electron chi connectivity index (χ2n) is 5.75. The Balaban J connectivity index is 1.89. The van der Waals surface area contributed by atoms with E-state index in [-0.39, 0.29) is 5.78 Å². The highest BCUT2D eigenvalue weighted by atomic mass is 16.3. The van der Waals surface area contributed by atoms with Crippen LogP contribution in [0.5, 0.6) is 0 Å². The van der Waals surface area contributed by atoms with Gasteiger partial charge in [0.05, 0.1) is 0 Å². The molecule has 0 saturated carbocycles. The van der Waals surface area contributed by atoms with Gasteiger partial charge in [-0.3, -0.25) is 4.79 Å². The lowest BCUT2D eigenvalue weighted by Crippen LogP contribution is -2.02. The fourth-order valence-electron chi connectivity index (χ4n) is 2.74. The van der Waals surface area contributed by atoms with E-state index >= 15 is 0 Å². The van der Waals surface area contributed by atoms with Crippen LogP contribution in [0.15, 0.2) is 46.9 Å². The Morgan fingerprint density at radius 3 is 2.33 bits per heavy atom. The van der Waals surface area contributed by atoms with Crippen molar-refractivity contribution in [1.82, 2.24) is 0 Å². The molecule has 0 unspecified atom stereocenters. The number of ketones is 1. The lowest BCUT2D eigenvalue weighted by Gasteiger charge is -2.03. The highest BCUT2D eigenvalue weighted by Gasteiger charge is 2.13. The average Bonchev–Trinajstić information content (AvgIpc) is 2.80. The van der Waals surface area contributed by atoms with Crippen molar-refractivity contribution < 1.29 is 9.21 Å². The molecule has 0 fully saturated rings. The number of fused-ring (bicyclic) bond motifs is 1. The smallest absolute Gasteiger partial charge is 0.202 e. The van der Waals surface area contributed by atoms with E-state index in [4.69, 9.17) is 4.42 Å². The number of rotatable bonds is 3. The van der Waals surface area contributed by atoms with Crippen molar-refractivity contribution >= 4 is 16.8 Å². The first kappa shape index (κ1) is 13.6. The Morgan fingerprint density at radius 1 is 0.905 bits per heavy atom. The third kappa shape index (κ3) is 2.89. The Bertz CT molecular complexity index is 804. The van der Waals surface area contributed by atoms with E-state index in [2.05, 4.69) is 18.2 Å². The van der Waals surface area contributed by atoms with Gasteiger partial charge in [-0.2, -0.15) is 0 Å². The Labute approximate surface area is 124 Å². The highest BCUT2D eigenvalue weighted by Crippen LogP contribution is 2.22. The van der Waals surface area contributed by atoms with Gasteiger partial charge in [0.15, 0.2) is 5.76 Å². The minimum atomic E-state index is 0.0221. The predicted octanol–water partition coefficient (Wildman–Crippen LogP) is 4.78. The monoisotopic (exact) mass is 278 g/mol. The van der Waals surface area contributed by atoms with Crippen LogP contribution < -0.4 is 0 Å². The quantitative estimate of drug-likeness (QED) is 0.645. The van der Waals surface area contributed by atoms with Crippen LogP contribution >= 0.6 is 0 Å². The average molecular weight is 278 g/mol. The molecular weight excluding hydrogens is 260 g/mol. The summed E-state index contributed by atoms with van der Waals surface area (Å²) < 4.78 is 5.67. The van der Waals surface area contributed by atoms with E-state index < -0.39 is 0 Å². The van der Waals surface area contributed by atoms with Crippen molar-refractivity contribution in [2.75, 3.05) is 0 Å². The lowest BCUT2D eigenvalue weighted by atomic mass is 10.0. The van der Waals surface area contributed by atoms with Gasteiger partial charge in [0, 0.05) is 11.8 Å². The molecule has 0 aliphatic carbocycles. The van der Waals surface area contributed by atoms with Gasteiger partial charge in [-0.1, -0.05) is 41.0 Å². The number of furan rings is 1. The normalized spacial score (nSPS) is 11.0. The maximum Gasteiger partial charge on any atom is 0.202 e. The second kappa shape index (κ2) is 5.21. The van der Waals surface area contributed by atoms with E-state index in [9.17, 15) is 4.79 Å². The van der Waals surface area contributed by atoms with Crippen LogP contribution in [0.1, 0.15) is 32.8 Å². The highest BCUT2D eigenvalue weighted by molar-refractivity contribution is 5.98. The van der Waals surface area contributed by atoms with E-state index in [0.717, 1.165) is 22.1 Å². The Kier molecular flexibility index (Phi) is 3.38. The first-order chi connectivity index (χ1) is 10.0. The zero-order chi connectivity index (χ0) is 15.0. The van der Waals surface area contributed by atoms with Crippen LogP contribution in [-0.4, -0.2) is 5.78 Å². The maximum atomic E-state index is 12.4. The number of carbonyl (C=O) groups is 1. The summed E-state index contributed by atoms with van der Waals surface area (Å²) in [6.45, 7) is 6.12. The molecule has 0 atom stereocenters.